The number of nitrogens with one attached hydrogen (secondary N) is 1. The Labute approximate surface area is 239 Å². The van der Waals surface area contributed by atoms with Crippen LogP contribution in [0, 0.1) is 0 Å². The Bertz CT molecular complexity index is 1610. The molecule has 12 heteroatoms. The minimum Gasteiger partial charge on any atom is -0.332 e. The second-order valence-electron chi connectivity index (χ2n) is 10.5. The van der Waals surface area contributed by atoms with E-state index in [0.29, 0.717) is 49.5 Å². The highest BCUT2D eigenvalue weighted by Gasteiger charge is 2.35. The summed E-state index contributed by atoms with van der Waals surface area (Å²) in [6, 6.07) is 9.54. The van der Waals surface area contributed by atoms with E-state index in [-0.39, 0.29) is 23.7 Å². The maximum atomic E-state index is 14.0. The Morgan fingerprint density at radius 1 is 1.07 bits per heavy atom. The number of piperazine rings is 1. The predicted molar refractivity (Wildman–Crippen MR) is 150 cm³/mol. The highest BCUT2D eigenvalue weighted by Crippen LogP contribution is 2.35. The molecule has 0 unspecified atom stereocenters. The Morgan fingerprint density at radius 2 is 1.88 bits per heavy atom. The van der Waals surface area contributed by atoms with Gasteiger partial charge in [0.15, 0.2) is 0 Å². The fourth-order valence-electron chi connectivity index (χ4n) is 5.45. The van der Waals surface area contributed by atoms with Gasteiger partial charge in [0.1, 0.15) is 11.3 Å². The van der Waals surface area contributed by atoms with Crippen LogP contribution in [0.5, 0.6) is 0 Å². The Kier molecular flexibility index (Phi) is 7.30. The number of imidazole rings is 1. The number of likely N-dealkylation sites (N-methyl/N-ethyl adjacent to an activating group) is 1. The fraction of sp³-hybridized carbons (Fsp3) is 0.345. The number of fused-ring (bicyclic) bond motifs is 2. The first kappa shape index (κ1) is 27.4. The quantitative estimate of drug-likeness (QED) is 0.372. The van der Waals surface area contributed by atoms with Gasteiger partial charge in [-0.15, -0.1) is 11.3 Å². The fourth-order valence-corrected chi connectivity index (χ4v) is 6.54. The van der Waals surface area contributed by atoms with Gasteiger partial charge in [-0.05, 0) is 48.9 Å². The van der Waals surface area contributed by atoms with Crippen molar-refractivity contribution in [3.63, 3.8) is 0 Å². The number of halogens is 3. The number of pyridine rings is 1. The van der Waals surface area contributed by atoms with Gasteiger partial charge in [0.25, 0.3) is 11.8 Å². The first-order chi connectivity index (χ1) is 19.7. The van der Waals surface area contributed by atoms with Crippen molar-refractivity contribution in [2.24, 2.45) is 0 Å². The van der Waals surface area contributed by atoms with Gasteiger partial charge in [-0.25, -0.2) is 4.98 Å². The summed E-state index contributed by atoms with van der Waals surface area (Å²) in [6.07, 6.45) is -0.712. The number of thiophene rings is 1. The zero-order valence-corrected chi connectivity index (χ0v) is 23.3. The van der Waals surface area contributed by atoms with Crippen LogP contribution in [0.25, 0.3) is 5.65 Å². The van der Waals surface area contributed by atoms with Crippen molar-refractivity contribution >= 4 is 34.5 Å². The number of amides is 2. The number of aromatic nitrogens is 2. The minimum absolute atomic E-state index is 0.102. The maximum absolute atomic E-state index is 14.0. The third-order valence-corrected chi connectivity index (χ3v) is 8.79. The molecule has 1 fully saturated rings. The molecule has 1 aromatic carbocycles. The summed E-state index contributed by atoms with van der Waals surface area (Å²) in [4.78, 5) is 37.5. The molecule has 0 spiro atoms. The number of alkyl halides is 3. The molecule has 0 bridgehead atoms. The van der Waals surface area contributed by atoms with Crippen molar-refractivity contribution in [3.05, 3.63) is 87.0 Å². The summed E-state index contributed by atoms with van der Waals surface area (Å²) in [5.74, 6) is -0.603. The van der Waals surface area contributed by atoms with Gasteiger partial charge in [-0.1, -0.05) is 12.1 Å². The van der Waals surface area contributed by atoms with Crippen molar-refractivity contribution in [1.29, 1.82) is 0 Å². The summed E-state index contributed by atoms with van der Waals surface area (Å²) < 4.78 is 43.7. The van der Waals surface area contributed by atoms with E-state index in [2.05, 4.69) is 15.2 Å². The van der Waals surface area contributed by atoms with Crippen molar-refractivity contribution in [2.75, 3.05) is 45.1 Å². The Balaban J connectivity index is 1.16. The van der Waals surface area contributed by atoms with E-state index in [9.17, 15) is 22.8 Å². The molecule has 0 aliphatic carbocycles. The zero-order valence-electron chi connectivity index (χ0n) is 22.4. The van der Waals surface area contributed by atoms with Crippen LogP contribution in [0.2, 0.25) is 0 Å². The lowest BCUT2D eigenvalue weighted by molar-refractivity contribution is -0.138. The predicted octanol–water partition coefficient (Wildman–Crippen LogP) is 4.61. The van der Waals surface area contributed by atoms with Crippen LogP contribution in [0.4, 0.5) is 18.9 Å². The van der Waals surface area contributed by atoms with Crippen LogP contribution in [0.1, 0.15) is 42.4 Å². The lowest BCUT2D eigenvalue weighted by Gasteiger charge is -2.33. The van der Waals surface area contributed by atoms with Crippen LogP contribution in [0.3, 0.4) is 0 Å². The van der Waals surface area contributed by atoms with Gasteiger partial charge in [0.05, 0.1) is 23.9 Å². The van der Waals surface area contributed by atoms with Crippen molar-refractivity contribution < 1.29 is 22.8 Å². The SMILES string of the molecule is CN1CCN(Cc2ccc(NC(=O)c3csc4c3CCN(C(=O)c3cnc5ccccn35)C4)cc2C(F)(F)F)CC1. The van der Waals surface area contributed by atoms with Crippen LogP contribution >= 0.6 is 11.3 Å². The number of hydrogen-bond donors (Lipinski definition) is 1. The third-order valence-electron chi connectivity index (χ3n) is 7.78. The number of hydrogen-bond acceptors (Lipinski definition) is 6. The van der Waals surface area contributed by atoms with E-state index in [1.54, 1.807) is 27.1 Å². The largest absolute Gasteiger partial charge is 0.416 e. The van der Waals surface area contributed by atoms with Crippen LogP contribution in [-0.2, 0) is 25.7 Å². The lowest BCUT2D eigenvalue weighted by Crippen LogP contribution is -2.44. The summed E-state index contributed by atoms with van der Waals surface area (Å²) in [7, 11) is 2.00. The molecule has 2 aliphatic rings. The first-order valence-corrected chi connectivity index (χ1v) is 14.3. The molecule has 2 amide bonds. The highest BCUT2D eigenvalue weighted by atomic mass is 32.1. The molecule has 6 rings (SSSR count). The molecule has 1 saturated heterocycles. The molecule has 1 N–H and O–H groups in total. The molecule has 0 atom stereocenters. The molecule has 0 saturated carbocycles. The van der Waals surface area contributed by atoms with Crippen LogP contribution in [-0.4, -0.2) is 75.7 Å². The van der Waals surface area contributed by atoms with E-state index in [4.69, 9.17) is 0 Å². The van der Waals surface area contributed by atoms with Crippen LogP contribution < -0.4 is 5.32 Å². The first-order valence-electron chi connectivity index (χ1n) is 13.4. The van der Waals surface area contributed by atoms with E-state index in [1.807, 2.05) is 30.1 Å². The number of anilines is 1. The lowest BCUT2D eigenvalue weighted by atomic mass is 10.0. The second-order valence-corrected chi connectivity index (χ2v) is 11.5. The van der Waals surface area contributed by atoms with E-state index >= 15 is 0 Å². The number of nitrogens with zero attached hydrogens (tertiary/aromatic N) is 5. The number of benzene rings is 1. The monoisotopic (exact) mass is 582 g/mol. The molecule has 8 nitrogen and oxygen atoms in total. The number of carbonyl (C=O) groups is 2. The zero-order chi connectivity index (χ0) is 28.7. The van der Waals surface area contributed by atoms with E-state index < -0.39 is 17.6 Å². The summed E-state index contributed by atoms with van der Waals surface area (Å²) in [5, 5.41) is 4.39. The van der Waals surface area contributed by atoms with Crippen LogP contribution in [0.15, 0.2) is 54.2 Å². The van der Waals surface area contributed by atoms with Gasteiger partial charge in [-0.3, -0.25) is 18.9 Å². The molecule has 2 aliphatic heterocycles. The van der Waals surface area contributed by atoms with E-state index in [0.717, 1.165) is 29.6 Å². The van der Waals surface area contributed by atoms with Gasteiger partial charge < -0.3 is 15.1 Å². The molecular formula is C29H29F3N6O2S. The molecule has 41 heavy (non-hydrogen) atoms. The molecule has 0 radical (unpaired) electrons. The van der Waals surface area contributed by atoms with Gasteiger partial charge >= 0.3 is 6.18 Å². The average Bonchev–Trinajstić information content (AvgIpc) is 3.58. The standard InChI is InChI=1S/C29H29F3N6O2S/c1-35-10-12-36(13-11-35)16-19-5-6-20(14-23(19)29(30,31)32)34-27(39)22-18-41-25-17-37(9-7-21(22)25)28(40)24-15-33-26-4-2-3-8-38(24)26/h2-6,8,14-15,18H,7,9-13,16-17H2,1H3,(H,34,39). The molecule has 214 valence electrons. The maximum Gasteiger partial charge on any atom is 0.416 e. The molecule has 3 aromatic heterocycles. The minimum atomic E-state index is -4.54. The van der Waals surface area contributed by atoms with Crippen molar-refractivity contribution in [1.82, 2.24) is 24.1 Å². The Hall–Kier alpha value is -3.74. The van der Waals surface area contributed by atoms with Gasteiger partial charge in [0.2, 0.25) is 0 Å². The molecular weight excluding hydrogens is 553 g/mol. The summed E-state index contributed by atoms with van der Waals surface area (Å²) in [6.45, 7) is 4.02. The third kappa shape index (κ3) is 5.59. The number of rotatable bonds is 5. The topological polar surface area (TPSA) is 73.2 Å². The van der Waals surface area contributed by atoms with E-state index in [1.165, 1.54) is 23.5 Å². The van der Waals surface area contributed by atoms with Gasteiger partial charge in [0, 0.05) is 61.4 Å². The second kappa shape index (κ2) is 10.9. The summed E-state index contributed by atoms with van der Waals surface area (Å²) in [5.41, 5.74) is 1.98. The van der Waals surface area contributed by atoms with Gasteiger partial charge in [-0.2, -0.15) is 13.2 Å². The highest BCUT2D eigenvalue weighted by molar-refractivity contribution is 7.10. The van der Waals surface area contributed by atoms with Crippen molar-refractivity contribution in [2.45, 2.75) is 25.7 Å². The Morgan fingerprint density at radius 3 is 2.66 bits per heavy atom. The van der Waals surface area contributed by atoms with Crippen molar-refractivity contribution in [3.8, 4) is 0 Å². The average molecular weight is 583 g/mol. The molecule has 5 heterocycles. The summed E-state index contributed by atoms with van der Waals surface area (Å²) >= 11 is 1.38. The smallest absolute Gasteiger partial charge is 0.332 e. The molecule has 4 aromatic rings. The number of carbonyl (C=O) groups excluding carboxylic acids is 2. The normalized spacial score (nSPS) is 16.6.